The summed E-state index contributed by atoms with van der Waals surface area (Å²) < 4.78 is 33.9. The Morgan fingerprint density at radius 3 is 2.80 bits per heavy atom. The molecule has 5 rings (SSSR count). The first-order valence-electron chi connectivity index (χ1n) is 10.6. The van der Waals surface area contributed by atoms with Gasteiger partial charge in [-0.25, -0.2) is 23.3 Å². The summed E-state index contributed by atoms with van der Waals surface area (Å²) in [5, 5.41) is 10.0. The standard InChI is InChI=1S/C23H20F2N8O2/c1-35-7-6-27-22(34)15-10-33-20(21(26)28-11-29-33)18(15)12-2-4-14(5-3-12)30-23-31-17-9-13(24)8-16(25)19(17)32-23/h2-5,8-11H,6-7H2,1H3,(H,27,34)(H2,26,28,29)(H2,30,31,32). The first kappa shape index (κ1) is 22.2. The van der Waals surface area contributed by atoms with E-state index >= 15 is 0 Å². The summed E-state index contributed by atoms with van der Waals surface area (Å²) in [6, 6.07) is 9.04. The SMILES string of the molecule is COCCNC(=O)c1cn2ncnc(N)c2c1-c1ccc(Nc2nc3cc(F)cc(F)c3[nH]2)cc1. The zero-order valence-electron chi connectivity index (χ0n) is 18.5. The predicted molar refractivity (Wildman–Crippen MR) is 126 cm³/mol. The number of fused-ring (bicyclic) bond motifs is 2. The Kier molecular flexibility index (Phi) is 5.71. The largest absolute Gasteiger partial charge is 0.383 e. The summed E-state index contributed by atoms with van der Waals surface area (Å²) in [6.07, 6.45) is 2.91. The number of aromatic amines is 1. The number of benzene rings is 2. The molecule has 3 heterocycles. The minimum Gasteiger partial charge on any atom is -0.383 e. The maximum Gasteiger partial charge on any atom is 0.253 e. The van der Waals surface area contributed by atoms with Crippen molar-refractivity contribution in [2.24, 2.45) is 0 Å². The Labute approximate surface area is 197 Å². The molecule has 0 saturated heterocycles. The van der Waals surface area contributed by atoms with Crippen molar-refractivity contribution in [3.05, 3.63) is 66.1 Å². The molecule has 5 aromatic rings. The monoisotopic (exact) mass is 478 g/mol. The average Bonchev–Trinajstić information content (AvgIpc) is 3.42. The molecule has 0 unspecified atom stereocenters. The summed E-state index contributed by atoms with van der Waals surface area (Å²) in [4.78, 5) is 23.9. The fourth-order valence-corrected chi connectivity index (χ4v) is 3.82. The molecule has 0 atom stereocenters. The number of methoxy groups -OCH3 is 1. The molecule has 0 fully saturated rings. The highest BCUT2D eigenvalue weighted by atomic mass is 19.1. The van der Waals surface area contributed by atoms with Crippen LogP contribution >= 0.6 is 0 Å². The Morgan fingerprint density at radius 1 is 1.23 bits per heavy atom. The number of anilines is 3. The van der Waals surface area contributed by atoms with E-state index in [9.17, 15) is 13.6 Å². The van der Waals surface area contributed by atoms with Gasteiger partial charge in [-0.2, -0.15) is 5.10 Å². The van der Waals surface area contributed by atoms with Crippen molar-refractivity contribution in [1.82, 2.24) is 29.9 Å². The number of nitrogen functional groups attached to an aromatic ring is 1. The minimum atomic E-state index is -0.729. The first-order valence-corrected chi connectivity index (χ1v) is 10.6. The molecular weight excluding hydrogens is 458 g/mol. The maximum atomic E-state index is 14.0. The van der Waals surface area contributed by atoms with Crippen molar-refractivity contribution in [1.29, 1.82) is 0 Å². The van der Waals surface area contributed by atoms with E-state index in [1.807, 2.05) is 0 Å². The van der Waals surface area contributed by atoms with Crippen LogP contribution in [0.4, 0.5) is 26.2 Å². The van der Waals surface area contributed by atoms with Crippen LogP contribution in [-0.4, -0.2) is 50.7 Å². The number of nitrogens with one attached hydrogen (secondary N) is 3. The lowest BCUT2D eigenvalue weighted by atomic mass is 10.0. The molecular formula is C23H20F2N8O2. The first-order chi connectivity index (χ1) is 16.9. The van der Waals surface area contributed by atoms with Crippen molar-refractivity contribution < 1.29 is 18.3 Å². The molecule has 10 nitrogen and oxygen atoms in total. The van der Waals surface area contributed by atoms with E-state index in [4.69, 9.17) is 10.5 Å². The normalized spacial score (nSPS) is 11.3. The van der Waals surface area contributed by atoms with Gasteiger partial charge < -0.3 is 26.1 Å². The number of H-pyrrole nitrogens is 1. The molecule has 12 heteroatoms. The number of aromatic nitrogens is 5. The van der Waals surface area contributed by atoms with Crippen LogP contribution < -0.4 is 16.4 Å². The van der Waals surface area contributed by atoms with Gasteiger partial charge >= 0.3 is 0 Å². The molecule has 35 heavy (non-hydrogen) atoms. The number of carbonyl (C=O) groups excluding carboxylic acids is 1. The summed E-state index contributed by atoms with van der Waals surface area (Å²) >= 11 is 0. The molecule has 0 spiro atoms. The lowest BCUT2D eigenvalue weighted by Gasteiger charge is -2.09. The second-order valence-electron chi connectivity index (χ2n) is 7.67. The summed E-state index contributed by atoms with van der Waals surface area (Å²) in [6.45, 7) is 0.710. The third-order valence-electron chi connectivity index (χ3n) is 5.38. The molecule has 3 aromatic heterocycles. The Bertz CT molecular complexity index is 1550. The minimum absolute atomic E-state index is 0.102. The number of rotatable bonds is 7. The number of nitrogens with zero attached hydrogens (tertiary/aromatic N) is 4. The van der Waals surface area contributed by atoms with Crippen LogP contribution in [-0.2, 0) is 4.74 Å². The van der Waals surface area contributed by atoms with Crippen molar-refractivity contribution in [3.63, 3.8) is 0 Å². The van der Waals surface area contributed by atoms with Crippen molar-refractivity contribution in [2.75, 3.05) is 31.3 Å². The number of hydrogen-bond donors (Lipinski definition) is 4. The van der Waals surface area contributed by atoms with Crippen LogP contribution in [0.3, 0.4) is 0 Å². The van der Waals surface area contributed by atoms with Gasteiger partial charge in [0.1, 0.15) is 23.2 Å². The fraction of sp³-hybridized carbons (Fsp3) is 0.130. The number of imidazole rings is 1. The highest BCUT2D eigenvalue weighted by Gasteiger charge is 2.21. The molecule has 0 aliphatic carbocycles. The Hall–Kier alpha value is -4.58. The second kappa shape index (κ2) is 8.99. The molecule has 0 saturated carbocycles. The molecule has 178 valence electrons. The van der Waals surface area contributed by atoms with Crippen LogP contribution in [0, 0.1) is 11.6 Å². The van der Waals surface area contributed by atoms with Crippen LogP contribution in [0.5, 0.6) is 0 Å². The highest BCUT2D eigenvalue weighted by molar-refractivity contribution is 6.07. The molecule has 2 aromatic carbocycles. The van der Waals surface area contributed by atoms with E-state index in [0.29, 0.717) is 41.0 Å². The van der Waals surface area contributed by atoms with Crippen molar-refractivity contribution >= 4 is 39.9 Å². The van der Waals surface area contributed by atoms with Gasteiger partial charge in [-0.1, -0.05) is 12.1 Å². The van der Waals surface area contributed by atoms with Gasteiger partial charge in [0.15, 0.2) is 11.6 Å². The van der Waals surface area contributed by atoms with E-state index in [-0.39, 0.29) is 28.7 Å². The third kappa shape index (κ3) is 4.22. The molecule has 5 N–H and O–H groups in total. The number of hydrogen-bond acceptors (Lipinski definition) is 7. The fourth-order valence-electron chi connectivity index (χ4n) is 3.82. The highest BCUT2D eigenvalue weighted by Crippen LogP contribution is 2.33. The van der Waals surface area contributed by atoms with E-state index in [1.165, 1.54) is 10.8 Å². The van der Waals surface area contributed by atoms with E-state index in [0.717, 1.165) is 12.1 Å². The number of halogens is 2. The summed E-state index contributed by atoms with van der Waals surface area (Å²) in [7, 11) is 1.55. The average molecular weight is 478 g/mol. The Balaban J connectivity index is 1.48. The van der Waals surface area contributed by atoms with Gasteiger partial charge in [0.05, 0.1) is 17.7 Å². The van der Waals surface area contributed by atoms with E-state index in [1.54, 1.807) is 37.6 Å². The van der Waals surface area contributed by atoms with Crippen LogP contribution in [0.2, 0.25) is 0 Å². The Morgan fingerprint density at radius 2 is 2.03 bits per heavy atom. The number of ether oxygens (including phenoxy) is 1. The summed E-state index contributed by atoms with van der Waals surface area (Å²) in [5.41, 5.74) is 9.17. The number of nitrogens with two attached hydrogens (primary N) is 1. The third-order valence-corrected chi connectivity index (χ3v) is 5.38. The molecule has 0 bridgehead atoms. The zero-order chi connectivity index (χ0) is 24.5. The van der Waals surface area contributed by atoms with Gasteiger partial charge in [-0.3, -0.25) is 4.79 Å². The van der Waals surface area contributed by atoms with Gasteiger partial charge in [0, 0.05) is 43.2 Å². The van der Waals surface area contributed by atoms with Crippen LogP contribution in [0.25, 0.3) is 27.7 Å². The maximum absolute atomic E-state index is 14.0. The second-order valence-corrected chi connectivity index (χ2v) is 7.67. The van der Waals surface area contributed by atoms with E-state index in [2.05, 4.69) is 30.7 Å². The van der Waals surface area contributed by atoms with Gasteiger partial charge in [-0.05, 0) is 17.7 Å². The molecule has 0 aliphatic rings. The van der Waals surface area contributed by atoms with Gasteiger partial charge in [0.25, 0.3) is 5.91 Å². The lowest BCUT2D eigenvalue weighted by molar-refractivity contribution is 0.0937. The number of carbonyl (C=O) groups is 1. The smallest absolute Gasteiger partial charge is 0.253 e. The molecule has 1 amide bonds. The van der Waals surface area contributed by atoms with Gasteiger partial charge in [0.2, 0.25) is 5.95 Å². The van der Waals surface area contributed by atoms with Crippen molar-refractivity contribution in [2.45, 2.75) is 0 Å². The van der Waals surface area contributed by atoms with Crippen LogP contribution in [0.15, 0.2) is 48.9 Å². The molecule has 0 radical (unpaired) electrons. The summed E-state index contributed by atoms with van der Waals surface area (Å²) in [5.74, 6) is -1.26. The molecule has 0 aliphatic heterocycles. The van der Waals surface area contributed by atoms with Crippen LogP contribution in [0.1, 0.15) is 10.4 Å². The van der Waals surface area contributed by atoms with E-state index < -0.39 is 11.6 Å². The number of amides is 1. The predicted octanol–water partition coefficient (Wildman–Crippen LogP) is 3.25. The topological polar surface area (TPSA) is 135 Å². The lowest BCUT2D eigenvalue weighted by Crippen LogP contribution is -2.27. The van der Waals surface area contributed by atoms with Crippen molar-refractivity contribution in [3.8, 4) is 11.1 Å². The zero-order valence-corrected chi connectivity index (χ0v) is 18.5. The quantitative estimate of drug-likeness (QED) is 0.264. The van der Waals surface area contributed by atoms with Gasteiger partial charge in [-0.15, -0.1) is 0 Å².